The second-order valence-electron chi connectivity index (χ2n) is 7.44. The second-order valence-corrected chi connectivity index (χ2v) is 11.6. The van der Waals surface area contributed by atoms with Crippen molar-refractivity contribution in [2.75, 3.05) is 6.26 Å². The van der Waals surface area contributed by atoms with Crippen LogP contribution in [-0.2, 0) is 15.3 Å². The highest BCUT2D eigenvalue weighted by atomic mass is 79.9. The minimum atomic E-state index is -2.70. The fourth-order valence-electron chi connectivity index (χ4n) is 2.73. The number of benzene rings is 2. The van der Waals surface area contributed by atoms with E-state index in [1.165, 1.54) is 0 Å². The Morgan fingerprint density at radius 2 is 1.75 bits per heavy atom. The van der Waals surface area contributed by atoms with Crippen molar-refractivity contribution in [1.29, 1.82) is 0 Å². The van der Waals surface area contributed by atoms with Crippen molar-refractivity contribution < 1.29 is 4.21 Å². The molecular formula is C19H21Br2N5OS. The third-order valence-corrected chi connectivity index (χ3v) is 6.88. The van der Waals surface area contributed by atoms with Gasteiger partial charge in [0.05, 0.1) is 15.3 Å². The topological polar surface area (TPSA) is 73.0 Å². The van der Waals surface area contributed by atoms with Gasteiger partial charge < -0.3 is 0 Å². The average Bonchev–Trinajstić information content (AvgIpc) is 3.10. The summed E-state index contributed by atoms with van der Waals surface area (Å²) in [6.45, 7) is 6.05. The van der Waals surface area contributed by atoms with Gasteiger partial charge in [-0.25, -0.2) is 13.3 Å². The van der Waals surface area contributed by atoms with Crippen LogP contribution < -0.4 is 0 Å². The SMILES string of the molecule is CC(C)(C)n1nnnc1C(N=S(C)(=O)c1ccc(Br)cc1)c1cccc(Br)c1. The van der Waals surface area contributed by atoms with Crippen LogP contribution in [-0.4, -0.2) is 30.7 Å². The van der Waals surface area contributed by atoms with Gasteiger partial charge in [-0.05, 0) is 73.2 Å². The summed E-state index contributed by atoms with van der Waals surface area (Å²) in [5, 5.41) is 12.3. The van der Waals surface area contributed by atoms with Gasteiger partial charge in [-0.1, -0.05) is 44.0 Å². The minimum absolute atomic E-state index is 0.342. The summed E-state index contributed by atoms with van der Waals surface area (Å²) in [7, 11) is -2.70. The van der Waals surface area contributed by atoms with Crippen LogP contribution in [0.2, 0.25) is 0 Å². The first-order chi connectivity index (χ1) is 13.1. The summed E-state index contributed by atoms with van der Waals surface area (Å²) in [6.07, 6.45) is 1.65. The lowest BCUT2D eigenvalue weighted by atomic mass is 10.0. The zero-order valence-corrected chi connectivity index (χ0v) is 20.0. The van der Waals surface area contributed by atoms with E-state index in [1.807, 2.05) is 69.3 Å². The van der Waals surface area contributed by atoms with Crippen LogP contribution in [0.15, 0.2) is 66.7 Å². The summed E-state index contributed by atoms with van der Waals surface area (Å²) in [5.74, 6) is 0.553. The minimum Gasteiger partial charge on any atom is -0.245 e. The highest BCUT2D eigenvalue weighted by Crippen LogP contribution is 2.31. The zero-order valence-electron chi connectivity index (χ0n) is 16.0. The molecule has 1 heterocycles. The molecule has 0 amide bonds. The maximum Gasteiger partial charge on any atom is 0.181 e. The molecule has 0 radical (unpaired) electrons. The van der Waals surface area contributed by atoms with E-state index in [4.69, 9.17) is 4.36 Å². The molecule has 3 rings (SSSR count). The van der Waals surface area contributed by atoms with E-state index < -0.39 is 15.8 Å². The fraction of sp³-hybridized carbons (Fsp3) is 0.316. The van der Waals surface area contributed by atoms with E-state index in [0.717, 1.165) is 14.5 Å². The van der Waals surface area contributed by atoms with Crippen LogP contribution in [0.5, 0.6) is 0 Å². The molecule has 0 spiro atoms. The Labute approximate surface area is 182 Å². The lowest BCUT2D eigenvalue weighted by Gasteiger charge is -2.23. The molecule has 2 unspecified atom stereocenters. The van der Waals surface area contributed by atoms with E-state index in [-0.39, 0.29) is 5.54 Å². The van der Waals surface area contributed by atoms with Gasteiger partial charge in [0.15, 0.2) is 5.82 Å². The quantitative estimate of drug-likeness (QED) is 0.468. The number of halogens is 2. The monoisotopic (exact) mass is 525 g/mol. The Balaban J connectivity index is 2.22. The number of rotatable bonds is 4. The summed E-state index contributed by atoms with van der Waals surface area (Å²) in [5.41, 5.74) is 0.520. The number of nitrogens with zero attached hydrogens (tertiary/aromatic N) is 5. The number of hydrogen-bond donors (Lipinski definition) is 0. The van der Waals surface area contributed by atoms with Crippen LogP contribution in [0.25, 0.3) is 0 Å². The Kier molecular flexibility index (Phi) is 6.07. The van der Waals surface area contributed by atoms with Crippen molar-refractivity contribution >= 4 is 41.6 Å². The average molecular weight is 527 g/mol. The largest absolute Gasteiger partial charge is 0.245 e. The van der Waals surface area contributed by atoms with E-state index >= 15 is 0 Å². The Hall–Kier alpha value is -1.58. The van der Waals surface area contributed by atoms with Crippen LogP contribution in [0.3, 0.4) is 0 Å². The highest BCUT2D eigenvalue weighted by molar-refractivity contribution is 9.10. The molecule has 9 heteroatoms. The van der Waals surface area contributed by atoms with Crippen LogP contribution in [0, 0.1) is 0 Å². The summed E-state index contributed by atoms with van der Waals surface area (Å²) in [6, 6.07) is 14.5. The van der Waals surface area contributed by atoms with Gasteiger partial charge in [-0.2, -0.15) is 0 Å². The molecule has 6 nitrogen and oxygen atoms in total. The lowest BCUT2D eigenvalue weighted by Crippen LogP contribution is -2.27. The first-order valence-electron chi connectivity index (χ1n) is 8.59. The van der Waals surface area contributed by atoms with Gasteiger partial charge in [0, 0.05) is 20.1 Å². The second kappa shape index (κ2) is 8.04. The highest BCUT2D eigenvalue weighted by Gasteiger charge is 2.28. The third-order valence-electron chi connectivity index (χ3n) is 4.10. The molecule has 0 saturated heterocycles. The molecular weight excluding hydrogens is 506 g/mol. The molecule has 0 aliphatic heterocycles. The molecule has 3 aromatic rings. The van der Waals surface area contributed by atoms with Crippen molar-refractivity contribution in [2.24, 2.45) is 4.36 Å². The van der Waals surface area contributed by atoms with Crippen LogP contribution in [0.4, 0.5) is 0 Å². The number of tetrazole rings is 1. The smallest absolute Gasteiger partial charge is 0.181 e. The molecule has 2 atom stereocenters. The molecule has 0 bridgehead atoms. The van der Waals surface area contributed by atoms with Crippen LogP contribution in [0.1, 0.15) is 38.2 Å². The predicted molar refractivity (Wildman–Crippen MR) is 118 cm³/mol. The molecule has 148 valence electrons. The maximum atomic E-state index is 13.6. The Morgan fingerprint density at radius 3 is 2.36 bits per heavy atom. The number of hydrogen-bond acceptors (Lipinski definition) is 5. The van der Waals surface area contributed by atoms with Gasteiger partial charge in [-0.15, -0.1) is 5.10 Å². The van der Waals surface area contributed by atoms with Crippen molar-refractivity contribution in [2.45, 2.75) is 37.2 Å². The molecule has 2 aromatic carbocycles. The van der Waals surface area contributed by atoms with Gasteiger partial charge in [-0.3, -0.25) is 0 Å². The summed E-state index contributed by atoms with van der Waals surface area (Å²) < 4.78 is 21.9. The number of aromatic nitrogens is 4. The fourth-order valence-corrected chi connectivity index (χ4v) is 4.79. The van der Waals surface area contributed by atoms with Gasteiger partial charge in [0.25, 0.3) is 0 Å². The van der Waals surface area contributed by atoms with E-state index in [2.05, 4.69) is 47.4 Å². The van der Waals surface area contributed by atoms with Crippen molar-refractivity contribution in [3.8, 4) is 0 Å². The molecule has 28 heavy (non-hydrogen) atoms. The van der Waals surface area contributed by atoms with Gasteiger partial charge in [0.1, 0.15) is 6.04 Å². The van der Waals surface area contributed by atoms with Crippen molar-refractivity contribution in [3.63, 3.8) is 0 Å². The van der Waals surface area contributed by atoms with Crippen LogP contribution >= 0.6 is 31.9 Å². The van der Waals surface area contributed by atoms with Gasteiger partial charge >= 0.3 is 0 Å². The normalized spacial score (nSPS) is 15.1. The van der Waals surface area contributed by atoms with E-state index in [9.17, 15) is 4.21 Å². The van der Waals surface area contributed by atoms with Crippen molar-refractivity contribution in [1.82, 2.24) is 20.2 Å². The Bertz CT molecular complexity index is 1100. The molecule has 1 aromatic heterocycles. The first kappa shape index (κ1) is 21.1. The molecule has 0 fully saturated rings. The summed E-state index contributed by atoms with van der Waals surface area (Å²) in [4.78, 5) is 0.658. The molecule has 0 N–H and O–H groups in total. The van der Waals surface area contributed by atoms with E-state index in [1.54, 1.807) is 10.9 Å². The molecule has 0 aliphatic carbocycles. The van der Waals surface area contributed by atoms with Crippen molar-refractivity contribution in [3.05, 3.63) is 68.9 Å². The lowest BCUT2D eigenvalue weighted by molar-refractivity contribution is 0.331. The molecule has 0 saturated carbocycles. The zero-order chi connectivity index (χ0) is 20.5. The first-order valence-corrected chi connectivity index (χ1v) is 12.1. The molecule has 0 aliphatic rings. The maximum absolute atomic E-state index is 13.6. The Morgan fingerprint density at radius 1 is 1.07 bits per heavy atom. The summed E-state index contributed by atoms with van der Waals surface area (Å²) >= 11 is 6.92. The van der Waals surface area contributed by atoms with Gasteiger partial charge in [0.2, 0.25) is 0 Å². The predicted octanol–water partition coefficient (Wildman–Crippen LogP) is 5.20. The van der Waals surface area contributed by atoms with E-state index in [0.29, 0.717) is 10.7 Å². The third kappa shape index (κ3) is 4.69. The standard InChI is InChI=1S/C19H21Br2N5OS/c1-19(2,3)26-18(22-24-25-26)17(13-6-5-7-15(21)12-13)23-28(4,27)16-10-8-14(20)9-11-16/h5-12,17H,1-4H3.